The van der Waals surface area contributed by atoms with Crippen LogP contribution in [0.5, 0.6) is 0 Å². The van der Waals surface area contributed by atoms with Crippen LogP contribution < -0.4 is 10.2 Å². The Labute approximate surface area is 230 Å². The lowest BCUT2D eigenvalue weighted by molar-refractivity contribution is 0.0698. The molecule has 2 heterocycles. The van der Waals surface area contributed by atoms with Gasteiger partial charge in [0.25, 0.3) is 0 Å². The Balaban J connectivity index is 1.66. The Hall–Kier alpha value is -5.12. The lowest BCUT2D eigenvalue weighted by Gasteiger charge is -2.27. The van der Waals surface area contributed by atoms with E-state index in [4.69, 9.17) is 4.98 Å². The molecule has 0 atom stereocenters. The van der Waals surface area contributed by atoms with Crippen LogP contribution in [0.2, 0.25) is 0 Å². The van der Waals surface area contributed by atoms with Crippen molar-refractivity contribution in [3.05, 3.63) is 102 Å². The smallest absolute Gasteiger partial charge is 0.337 e. The van der Waals surface area contributed by atoms with E-state index in [9.17, 15) is 14.3 Å². The number of halogens is 1. The zero-order valence-corrected chi connectivity index (χ0v) is 22.0. The van der Waals surface area contributed by atoms with Crippen molar-refractivity contribution in [3.8, 4) is 22.6 Å². The van der Waals surface area contributed by atoms with E-state index in [1.54, 1.807) is 6.07 Å². The van der Waals surface area contributed by atoms with Crippen molar-refractivity contribution >= 4 is 23.2 Å². The van der Waals surface area contributed by atoms with Crippen LogP contribution in [0.1, 0.15) is 29.8 Å². The Bertz CT molecular complexity index is 1610. The molecule has 0 bridgehead atoms. The summed E-state index contributed by atoms with van der Waals surface area (Å²) in [5.74, 6) is -0.211. The summed E-state index contributed by atoms with van der Waals surface area (Å²) in [5, 5.41) is 27.2. The van der Waals surface area contributed by atoms with Crippen molar-refractivity contribution in [3.63, 3.8) is 0 Å². The molecule has 0 spiro atoms. The molecule has 0 aliphatic heterocycles. The molecule has 9 nitrogen and oxygen atoms in total. The molecule has 0 saturated heterocycles. The van der Waals surface area contributed by atoms with E-state index in [2.05, 4.69) is 56.8 Å². The van der Waals surface area contributed by atoms with Crippen LogP contribution in [-0.2, 0) is 6.54 Å². The number of carboxylic acid groups (broad SMARTS) is 1. The van der Waals surface area contributed by atoms with Crippen LogP contribution in [0.4, 0.5) is 21.6 Å². The Morgan fingerprint density at radius 1 is 1.00 bits per heavy atom. The van der Waals surface area contributed by atoms with Gasteiger partial charge in [-0.15, -0.1) is 5.10 Å². The maximum absolute atomic E-state index is 14.2. The molecule has 5 aromatic rings. The molecule has 2 aromatic heterocycles. The van der Waals surface area contributed by atoms with E-state index in [1.165, 1.54) is 12.1 Å². The number of carbonyl (C=O) groups is 1. The summed E-state index contributed by atoms with van der Waals surface area (Å²) >= 11 is 0. The molecule has 10 heteroatoms. The number of nitrogens with one attached hydrogen (secondary N) is 2. The fraction of sp³-hybridized carbons (Fsp3) is 0.167. The molecule has 0 fully saturated rings. The average Bonchev–Trinajstić information content (AvgIpc) is 3.48. The van der Waals surface area contributed by atoms with Crippen molar-refractivity contribution < 1.29 is 14.3 Å². The predicted octanol–water partition coefficient (Wildman–Crippen LogP) is 6.17. The maximum Gasteiger partial charge on any atom is 0.337 e. The molecule has 0 aliphatic carbocycles. The predicted molar refractivity (Wildman–Crippen MR) is 152 cm³/mol. The van der Waals surface area contributed by atoms with Crippen molar-refractivity contribution in [1.82, 2.24) is 25.6 Å². The van der Waals surface area contributed by atoms with E-state index in [1.807, 2.05) is 48.5 Å². The second-order valence-electron chi connectivity index (χ2n) is 9.77. The van der Waals surface area contributed by atoms with Crippen LogP contribution >= 0.6 is 0 Å². The highest BCUT2D eigenvalue weighted by atomic mass is 19.1. The molecule has 5 rings (SSSR count). The summed E-state index contributed by atoms with van der Waals surface area (Å²) in [4.78, 5) is 19.1. The zero-order valence-electron chi connectivity index (χ0n) is 22.0. The third-order valence-electron chi connectivity index (χ3n) is 6.23. The average molecular weight is 538 g/mol. The Morgan fingerprint density at radius 3 is 2.45 bits per heavy atom. The van der Waals surface area contributed by atoms with Gasteiger partial charge in [0, 0.05) is 36.0 Å². The fourth-order valence-corrected chi connectivity index (χ4v) is 4.52. The second-order valence-corrected chi connectivity index (χ2v) is 9.77. The summed E-state index contributed by atoms with van der Waals surface area (Å²) in [7, 11) is 0. The minimum atomic E-state index is -1.16. The Kier molecular flexibility index (Phi) is 7.77. The number of aromatic carboxylic acids is 1. The number of benzene rings is 3. The van der Waals surface area contributed by atoms with E-state index in [0.717, 1.165) is 29.3 Å². The van der Waals surface area contributed by atoms with Crippen molar-refractivity contribution in [2.45, 2.75) is 20.4 Å². The summed E-state index contributed by atoms with van der Waals surface area (Å²) in [6.45, 7) is 5.61. The van der Waals surface area contributed by atoms with Crippen LogP contribution in [0.15, 0.2) is 84.9 Å². The number of tetrazole rings is 1. The number of anilines is 3. The number of aromatic amines is 1. The van der Waals surface area contributed by atoms with Gasteiger partial charge in [-0.1, -0.05) is 68.4 Å². The van der Waals surface area contributed by atoms with E-state index < -0.39 is 11.8 Å². The highest BCUT2D eigenvalue weighted by Crippen LogP contribution is 2.34. The largest absolute Gasteiger partial charge is 0.478 e. The number of pyridine rings is 1. The molecule has 0 saturated carbocycles. The fourth-order valence-electron chi connectivity index (χ4n) is 4.52. The standard InChI is InChI=1S/C30H28FN7O2/c1-19(2)17-38(18-20-8-4-3-5-9-20)28-16-22(32-26-14-21(31)12-13-25(26)30(39)40)15-27(33-28)23-10-6-7-11-24(23)29-34-36-37-35-29/h3-16,19H,17-18H2,1-2H3,(H,32,33)(H,39,40)(H,34,35,36,37). The first kappa shape index (κ1) is 26.5. The molecule has 3 N–H and O–H groups in total. The molecule has 0 unspecified atom stereocenters. The van der Waals surface area contributed by atoms with Gasteiger partial charge in [0.05, 0.1) is 16.9 Å². The molecule has 40 heavy (non-hydrogen) atoms. The molecule has 202 valence electrons. The third-order valence-corrected chi connectivity index (χ3v) is 6.23. The molecule has 0 amide bonds. The number of carboxylic acids is 1. The van der Waals surface area contributed by atoms with Gasteiger partial charge >= 0.3 is 5.97 Å². The second kappa shape index (κ2) is 11.7. The molecular weight excluding hydrogens is 509 g/mol. The van der Waals surface area contributed by atoms with Crippen LogP contribution in [0, 0.1) is 11.7 Å². The SMILES string of the molecule is CC(C)CN(Cc1ccccc1)c1cc(Nc2cc(F)ccc2C(=O)O)cc(-c2ccccc2-c2nnn[nH]2)n1. The van der Waals surface area contributed by atoms with Gasteiger partial charge in [-0.3, -0.25) is 0 Å². The monoisotopic (exact) mass is 537 g/mol. The van der Waals surface area contributed by atoms with Gasteiger partial charge in [0.15, 0.2) is 5.82 Å². The lowest BCUT2D eigenvalue weighted by atomic mass is 10.0. The van der Waals surface area contributed by atoms with Crippen molar-refractivity contribution in [2.24, 2.45) is 5.92 Å². The number of hydrogen-bond donors (Lipinski definition) is 3. The number of hydrogen-bond acceptors (Lipinski definition) is 7. The maximum atomic E-state index is 14.2. The first-order valence-electron chi connectivity index (χ1n) is 12.8. The van der Waals surface area contributed by atoms with Gasteiger partial charge in [-0.2, -0.15) is 0 Å². The van der Waals surface area contributed by atoms with Crippen LogP contribution in [0.3, 0.4) is 0 Å². The van der Waals surface area contributed by atoms with Crippen LogP contribution in [0.25, 0.3) is 22.6 Å². The molecule has 0 aliphatic rings. The summed E-state index contributed by atoms with van der Waals surface area (Å²) in [6, 6.07) is 24.9. The quantitative estimate of drug-likeness (QED) is 0.193. The highest BCUT2D eigenvalue weighted by Gasteiger charge is 2.18. The number of nitrogens with zero attached hydrogens (tertiary/aromatic N) is 5. The van der Waals surface area contributed by atoms with E-state index >= 15 is 0 Å². The van der Waals surface area contributed by atoms with Crippen molar-refractivity contribution in [2.75, 3.05) is 16.8 Å². The molecule has 3 aromatic carbocycles. The lowest BCUT2D eigenvalue weighted by Crippen LogP contribution is -2.28. The first-order valence-corrected chi connectivity index (χ1v) is 12.8. The van der Waals surface area contributed by atoms with Gasteiger partial charge in [-0.05, 0) is 46.2 Å². The number of aromatic nitrogens is 5. The molecule has 0 radical (unpaired) electrons. The zero-order chi connectivity index (χ0) is 28.1. The van der Waals surface area contributed by atoms with Crippen LogP contribution in [-0.4, -0.2) is 43.2 Å². The number of rotatable bonds is 10. The van der Waals surface area contributed by atoms with Gasteiger partial charge in [0.1, 0.15) is 11.6 Å². The number of H-pyrrole nitrogens is 1. The Morgan fingerprint density at radius 2 is 1.75 bits per heavy atom. The summed E-state index contributed by atoms with van der Waals surface area (Å²) < 4.78 is 14.2. The van der Waals surface area contributed by atoms with Gasteiger partial charge in [0.2, 0.25) is 0 Å². The van der Waals surface area contributed by atoms with Gasteiger partial charge in [-0.25, -0.2) is 19.3 Å². The van der Waals surface area contributed by atoms with Gasteiger partial charge < -0.3 is 15.3 Å². The molecular formula is C30H28FN7O2. The minimum absolute atomic E-state index is 0.0437. The summed E-state index contributed by atoms with van der Waals surface area (Å²) in [6.07, 6.45) is 0. The van der Waals surface area contributed by atoms with E-state index in [0.29, 0.717) is 35.5 Å². The normalized spacial score (nSPS) is 11.0. The minimum Gasteiger partial charge on any atom is -0.478 e. The van der Waals surface area contributed by atoms with Crippen molar-refractivity contribution in [1.29, 1.82) is 0 Å². The third kappa shape index (κ3) is 6.12. The topological polar surface area (TPSA) is 120 Å². The first-order chi connectivity index (χ1) is 19.4. The highest BCUT2D eigenvalue weighted by molar-refractivity contribution is 5.95. The summed E-state index contributed by atoms with van der Waals surface area (Å²) in [5.41, 5.74) is 3.91. The van der Waals surface area contributed by atoms with E-state index in [-0.39, 0.29) is 11.3 Å².